The molecule has 0 aromatic carbocycles. The minimum absolute atomic E-state index is 0.127. The van der Waals surface area contributed by atoms with Gasteiger partial charge in [-0.3, -0.25) is 18.7 Å². The first kappa shape index (κ1) is 28.8. The maximum atomic E-state index is 12.3. The summed E-state index contributed by atoms with van der Waals surface area (Å²) in [5.41, 5.74) is 0. The molecular formula is C18H32O10P2. The second-order valence-electron chi connectivity index (χ2n) is 5.76. The van der Waals surface area contributed by atoms with Gasteiger partial charge in [0.2, 0.25) is 0 Å². The largest absolute Gasteiger partial charge is 0.449 e. The molecule has 0 spiro atoms. The van der Waals surface area contributed by atoms with Crippen LogP contribution in [0.4, 0.5) is 0 Å². The molecule has 10 nitrogen and oxygen atoms in total. The van der Waals surface area contributed by atoms with Crippen LogP contribution in [-0.2, 0) is 46.3 Å². The molecule has 0 aliphatic carbocycles. The summed E-state index contributed by atoms with van der Waals surface area (Å²) in [6.07, 6.45) is -2.77. The highest BCUT2D eigenvalue weighted by atomic mass is 31.2. The average molecular weight is 470 g/mol. The molecule has 0 fully saturated rings. The van der Waals surface area contributed by atoms with E-state index in [0.717, 1.165) is 0 Å². The van der Waals surface area contributed by atoms with Gasteiger partial charge in [0.15, 0.2) is 12.2 Å². The predicted molar refractivity (Wildman–Crippen MR) is 110 cm³/mol. The molecule has 0 saturated heterocycles. The Morgan fingerprint density at radius 2 is 0.933 bits per heavy atom. The molecule has 174 valence electrons. The fourth-order valence-corrected chi connectivity index (χ4v) is 4.99. The molecule has 30 heavy (non-hydrogen) atoms. The molecule has 12 heteroatoms. The third kappa shape index (κ3) is 12.5. The summed E-state index contributed by atoms with van der Waals surface area (Å²) in [5, 5.41) is 0. The Kier molecular flexibility index (Phi) is 14.2. The summed E-state index contributed by atoms with van der Waals surface area (Å²) in [5.74, 6) is 3.64. The molecule has 0 saturated carbocycles. The van der Waals surface area contributed by atoms with Gasteiger partial charge in [-0.2, -0.15) is 0 Å². The van der Waals surface area contributed by atoms with Crippen LogP contribution in [0.5, 0.6) is 0 Å². The molecule has 2 atom stereocenters. The Bertz CT molecular complexity index is 621. The lowest BCUT2D eigenvalue weighted by molar-refractivity contribution is -0.144. The monoisotopic (exact) mass is 470 g/mol. The van der Waals surface area contributed by atoms with Crippen molar-refractivity contribution in [1.82, 2.24) is 0 Å². The van der Waals surface area contributed by atoms with Crippen molar-refractivity contribution in [1.29, 1.82) is 0 Å². The molecule has 0 rings (SSSR count). The first-order valence-corrected chi connectivity index (χ1v) is 13.1. The summed E-state index contributed by atoms with van der Waals surface area (Å²) < 4.78 is 54.9. The van der Waals surface area contributed by atoms with E-state index >= 15 is 0 Å². The van der Waals surface area contributed by atoms with Crippen LogP contribution in [0.3, 0.4) is 0 Å². The van der Waals surface area contributed by atoms with Crippen LogP contribution >= 0.6 is 15.2 Å². The lowest BCUT2D eigenvalue weighted by Gasteiger charge is -2.17. The summed E-state index contributed by atoms with van der Waals surface area (Å²) in [4.78, 5) is 23.9. The molecule has 0 heterocycles. The zero-order chi connectivity index (χ0) is 23.2. The number of hydrogen-bond acceptors (Lipinski definition) is 10. The van der Waals surface area contributed by atoms with E-state index in [0.29, 0.717) is 0 Å². The van der Waals surface area contributed by atoms with Crippen LogP contribution in [0.25, 0.3) is 0 Å². The zero-order valence-electron chi connectivity index (χ0n) is 18.4. The van der Waals surface area contributed by atoms with Crippen LogP contribution in [0.2, 0.25) is 0 Å². The zero-order valence-corrected chi connectivity index (χ0v) is 20.2. The average Bonchev–Trinajstić information content (AvgIpc) is 2.59. The van der Waals surface area contributed by atoms with Crippen molar-refractivity contribution < 1.29 is 46.3 Å². The lowest BCUT2D eigenvalue weighted by atomic mass is 10.3. The van der Waals surface area contributed by atoms with Gasteiger partial charge in [0, 0.05) is 0 Å². The Balaban J connectivity index is 4.70. The van der Waals surface area contributed by atoms with Gasteiger partial charge in [-0.25, -0.2) is 0 Å². The van der Waals surface area contributed by atoms with Crippen molar-refractivity contribution in [3.63, 3.8) is 0 Å². The lowest BCUT2D eigenvalue weighted by Crippen LogP contribution is -2.20. The van der Waals surface area contributed by atoms with E-state index in [1.165, 1.54) is 13.8 Å². The van der Waals surface area contributed by atoms with E-state index in [1.807, 2.05) is 0 Å². The van der Waals surface area contributed by atoms with Crippen LogP contribution in [0, 0.1) is 11.8 Å². The van der Waals surface area contributed by atoms with Gasteiger partial charge >= 0.3 is 27.1 Å². The smallest absolute Gasteiger partial charge is 0.341 e. The van der Waals surface area contributed by atoms with Gasteiger partial charge < -0.3 is 27.6 Å². The van der Waals surface area contributed by atoms with Crippen molar-refractivity contribution in [3.8, 4) is 11.8 Å². The van der Waals surface area contributed by atoms with E-state index in [4.69, 9.17) is 27.6 Å². The Morgan fingerprint density at radius 1 is 0.667 bits per heavy atom. The number of carbonyl (C=O) groups excluding carboxylic acids is 2. The van der Waals surface area contributed by atoms with Gasteiger partial charge in [-0.05, 0) is 41.5 Å². The maximum Gasteiger partial charge on any atom is 0.341 e. The maximum absolute atomic E-state index is 12.3. The van der Waals surface area contributed by atoms with Gasteiger partial charge in [0.1, 0.15) is 12.3 Å². The summed E-state index contributed by atoms with van der Waals surface area (Å²) in [6, 6.07) is 0. The standard InChI is InChI=1S/C18H32O10P2/c1-7-23-29(21,24-8-2)13-17(19)27-15(5)11-12-16(6)28-18(20)14-30(22,25-9-3)26-10-4/h15-16H,7-10,13-14H2,1-6H3. The van der Waals surface area contributed by atoms with E-state index in [2.05, 4.69) is 11.8 Å². The minimum atomic E-state index is -3.56. The quantitative estimate of drug-likeness (QED) is 0.212. The molecule has 0 radical (unpaired) electrons. The molecule has 2 unspecified atom stereocenters. The SMILES string of the molecule is CCOP(=O)(CC(=O)OC(C)C#CC(C)OC(=O)CP(=O)(OCC)OCC)OCC. The van der Waals surface area contributed by atoms with Crippen molar-refractivity contribution in [2.45, 2.75) is 53.8 Å². The minimum Gasteiger partial charge on any atom is -0.449 e. The second kappa shape index (κ2) is 14.7. The molecule has 0 aliphatic heterocycles. The van der Waals surface area contributed by atoms with E-state index in [9.17, 15) is 18.7 Å². The van der Waals surface area contributed by atoms with Crippen LogP contribution in [-0.4, -0.2) is 62.9 Å². The first-order valence-electron chi connectivity index (χ1n) is 9.69. The molecule has 0 aromatic heterocycles. The number of ether oxygens (including phenoxy) is 2. The highest BCUT2D eigenvalue weighted by Gasteiger charge is 2.30. The predicted octanol–water partition coefficient (Wildman–Crippen LogP) is 3.39. The molecule has 0 N–H and O–H groups in total. The van der Waals surface area contributed by atoms with E-state index < -0.39 is 51.7 Å². The van der Waals surface area contributed by atoms with Gasteiger partial charge in [0.25, 0.3) is 0 Å². The fraction of sp³-hybridized carbons (Fsp3) is 0.778. The van der Waals surface area contributed by atoms with Crippen molar-refractivity contribution in [2.24, 2.45) is 0 Å². The first-order chi connectivity index (χ1) is 14.0. The fourth-order valence-electron chi connectivity index (χ4n) is 2.12. The van der Waals surface area contributed by atoms with Crippen LogP contribution in [0.15, 0.2) is 0 Å². The molecule has 0 bridgehead atoms. The number of esters is 2. The highest BCUT2D eigenvalue weighted by Crippen LogP contribution is 2.48. The number of rotatable bonds is 14. The summed E-state index contributed by atoms with van der Waals surface area (Å²) >= 11 is 0. The van der Waals surface area contributed by atoms with Crippen molar-refractivity contribution in [2.75, 3.05) is 38.8 Å². The van der Waals surface area contributed by atoms with Gasteiger partial charge in [-0.15, -0.1) is 0 Å². The van der Waals surface area contributed by atoms with Crippen molar-refractivity contribution >= 4 is 27.1 Å². The molecule has 0 aromatic rings. The van der Waals surface area contributed by atoms with E-state index in [1.54, 1.807) is 27.7 Å². The third-order valence-corrected chi connectivity index (χ3v) is 6.95. The van der Waals surface area contributed by atoms with Crippen LogP contribution < -0.4 is 0 Å². The number of hydrogen-bond donors (Lipinski definition) is 0. The topological polar surface area (TPSA) is 124 Å². The summed E-state index contributed by atoms with van der Waals surface area (Å²) in [6.45, 7) is 10.1. The Hall–Kier alpha value is -1.20. The Morgan fingerprint density at radius 3 is 1.17 bits per heavy atom. The molecule has 0 aliphatic rings. The second-order valence-corrected chi connectivity index (χ2v) is 9.87. The van der Waals surface area contributed by atoms with Gasteiger partial charge in [-0.1, -0.05) is 11.8 Å². The highest BCUT2D eigenvalue weighted by molar-refractivity contribution is 7.55. The summed E-state index contributed by atoms with van der Waals surface area (Å²) in [7, 11) is -7.13. The Labute approximate surface area is 178 Å². The molecule has 0 amide bonds. The van der Waals surface area contributed by atoms with E-state index in [-0.39, 0.29) is 26.4 Å². The third-order valence-electron chi connectivity index (χ3n) is 3.05. The van der Waals surface area contributed by atoms with Crippen LogP contribution in [0.1, 0.15) is 41.5 Å². The molecular weight excluding hydrogens is 438 g/mol. The van der Waals surface area contributed by atoms with Gasteiger partial charge in [0.05, 0.1) is 26.4 Å². The van der Waals surface area contributed by atoms with Crippen molar-refractivity contribution in [3.05, 3.63) is 0 Å². The normalized spacial score (nSPS) is 13.7. The number of carbonyl (C=O) groups is 2.